The van der Waals surface area contributed by atoms with Crippen molar-refractivity contribution in [2.75, 3.05) is 50.5 Å². The zero-order valence-corrected chi connectivity index (χ0v) is 12.6. The molecule has 1 aromatic rings. The number of aromatic nitrogens is 2. The van der Waals surface area contributed by atoms with Crippen molar-refractivity contribution in [3.05, 3.63) is 11.8 Å². The third-order valence-electron chi connectivity index (χ3n) is 3.30. The SMILES string of the molecule is CCOC(=O)N1CCN(c2ncc(C(=O)OC)c(N)n2)CC1. The number of ether oxygens (including phenoxy) is 2. The first-order valence-electron chi connectivity index (χ1n) is 6.94. The van der Waals surface area contributed by atoms with Crippen molar-refractivity contribution in [3.63, 3.8) is 0 Å². The molecule has 0 saturated carbocycles. The molecule has 0 unspecified atom stereocenters. The van der Waals surface area contributed by atoms with Crippen LogP contribution in [0.3, 0.4) is 0 Å². The van der Waals surface area contributed by atoms with Crippen molar-refractivity contribution in [1.29, 1.82) is 0 Å². The minimum atomic E-state index is -0.573. The topological polar surface area (TPSA) is 111 Å². The summed E-state index contributed by atoms with van der Waals surface area (Å²) in [6, 6.07) is 0. The molecule has 1 saturated heterocycles. The maximum Gasteiger partial charge on any atom is 0.409 e. The van der Waals surface area contributed by atoms with Gasteiger partial charge in [-0.3, -0.25) is 0 Å². The summed E-state index contributed by atoms with van der Waals surface area (Å²) >= 11 is 0. The maximum absolute atomic E-state index is 11.6. The number of rotatable bonds is 3. The number of nitrogen functional groups attached to an aromatic ring is 1. The fourth-order valence-corrected chi connectivity index (χ4v) is 2.11. The highest BCUT2D eigenvalue weighted by molar-refractivity contribution is 5.93. The second kappa shape index (κ2) is 6.92. The largest absolute Gasteiger partial charge is 0.465 e. The van der Waals surface area contributed by atoms with Gasteiger partial charge in [-0.15, -0.1) is 0 Å². The molecule has 0 aromatic carbocycles. The van der Waals surface area contributed by atoms with Crippen LogP contribution in [-0.2, 0) is 9.47 Å². The first kappa shape index (κ1) is 15.8. The number of hydrogen-bond donors (Lipinski definition) is 1. The van der Waals surface area contributed by atoms with Crippen molar-refractivity contribution in [3.8, 4) is 0 Å². The number of nitrogens with two attached hydrogens (primary N) is 1. The number of methoxy groups -OCH3 is 1. The predicted molar refractivity (Wildman–Crippen MR) is 78.6 cm³/mol. The highest BCUT2D eigenvalue weighted by Gasteiger charge is 2.24. The Hall–Kier alpha value is -2.58. The molecule has 2 rings (SSSR count). The van der Waals surface area contributed by atoms with Gasteiger partial charge >= 0.3 is 12.1 Å². The molecule has 9 nitrogen and oxygen atoms in total. The summed E-state index contributed by atoms with van der Waals surface area (Å²) in [5.41, 5.74) is 5.89. The fourth-order valence-electron chi connectivity index (χ4n) is 2.11. The third-order valence-corrected chi connectivity index (χ3v) is 3.30. The molecule has 1 fully saturated rings. The van der Waals surface area contributed by atoms with Crippen LogP contribution in [0.4, 0.5) is 16.6 Å². The van der Waals surface area contributed by atoms with E-state index in [1.165, 1.54) is 13.3 Å². The molecule has 0 atom stereocenters. The van der Waals surface area contributed by atoms with E-state index in [2.05, 4.69) is 14.7 Å². The summed E-state index contributed by atoms with van der Waals surface area (Å²) < 4.78 is 9.56. The second-order valence-corrected chi connectivity index (χ2v) is 4.63. The van der Waals surface area contributed by atoms with E-state index in [0.717, 1.165) is 0 Å². The van der Waals surface area contributed by atoms with Gasteiger partial charge in [-0.2, -0.15) is 4.98 Å². The van der Waals surface area contributed by atoms with Crippen LogP contribution in [0.25, 0.3) is 0 Å². The Morgan fingerprint density at radius 2 is 2.00 bits per heavy atom. The van der Waals surface area contributed by atoms with Crippen molar-refractivity contribution in [1.82, 2.24) is 14.9 Å². The quantitative estimate of drug-likeness (QED) is 0.784. The molecule has 2 N–H and O–H groups in total. The highest BCUT2D eigenvalue weighted by Crippen LogP contribution is 2.16. The van der Waals surface area contributed by atoms with E-state index in [-0.39, 0.29) is 17.5 Å². The molecular weight excluding hydrogens is 290 g/mol. The Balaban J connectivity index is 2.01. The van der Waals surface area contributed by atoms with E-state index in [0.29, 0.717) is 38.7 Å². The molecule has 1 aliphatic heterocycles. The number of hydrogen-bond acceptors (Lipinski definition) is 8. The number of nitrogens with zero attached hydrogens (tertiary/aromatic N) is 4. The van der Waals surface area contributed by atoms with E-state index in [9.17, 15) is 9.59 Å². The predicted octanol–water partition coefficient (Wildman–Crippen LogP) is 0.124. The number of amides is 1. The lowest BCUT2D eigenvalue weighted by atomic mass is 10.3. The molecule has 0 spiro atoms. The maximum atomic E-state index is 11.6. The molecule has 1 amide bonds. The van der Waals surface area contributed by atoms with Gasteiger partial charge < -0.3 is 25.0 Å². The molecule has 1 aliphatic rings. The van der Waals surface area contributed by atoms with Crippen LogP contribution in [-0.4, -0.2) is 66.8 Å². The zero-order valence-electron chi connectivity index (χ0n) is 12.6. The Morgan fingerprint density at radius 3 is 2.55 bits per heavy atom. The number of piperazine rings is 1. The molecular formula is C13H19N5O4. The van der Waals surface area contributed by atoms with Gasteiger partial charge in [-0.25, -0.2) is 14.6 Å². The van der Waals surface area contributed by atoms with Crippen LogP contribution in [0.15, 0.2) is 6.20 Å². The monoisotopic (exact) mass is 309 g/mol. The van der Waals surface area contributed by atoms with E-state index in [4.69, 9.17) is 10.5 Å². The smallest absolute Gasteiger partial charge is 0.409 e. The Labute approximate surface area is 128 Å². The average molecular weight is 309 g/mol. The normalized spacial score (nSPS) is 14.6. The number of esters is 1. The summed E-state index contributed by atoms with van der Waals surface area (Å²) in [6.45, 7) is 4.29. The van der Waals surface area contributed by atoms with Crippen molar-refractivity contribution < 1.29 is 19.1 Å². The van der Waals surface area contributed by atoms with Gasteiger partial charge in [0.2, 0.25) is 5.95 Å². The number of anilines is 2. The lowest BCUT2D eigenvalue weighted by Crippen LogP contribution is -2.49. The molecule has 2 heterocycles. The molecule has 1 aromatic heterocycles. The number of carbonyl (C=O) groups is 2. The Morgan fingerprint density at radius 1 is 1.32 bits per heavy atom. The standard InChI is InChI=1S/C13H19N5O4/c1-3-22-13(20)18-6-4-17(5-7-18)12-15-8-9(10(14)16-12)11(19)21-2/h8H,3-7H2,1-2H3,(H2,14,15,16). The lowest BCUT2D eigenvalue weighted by Gasteiger charge is -2.34. The van der Waals surface area contributed by atoms with E-state index in [1.807, 2.05) is 4.90 Å². The van der Waals surface area contributed by atoms with E-state index < -0.39 is 5.97 Å². The molecule has 0 radical (unpaired) electrons. The van der Waals surface area contributed by atoms with Crippen LogP contribution >= 0.6 is 0 Å². The lowest BCUT2D eigenvalue weighted by molar-refractivity contribution is 0.0601. The van der Waals surface area contributed by atoms with Crippen LogP contribution in [0.2, 0.25) is 0 Å². The number of carbonyl (C=O) groups excluding carboxylic acids is 2. The molecule has 22 heavy (non-hydrogen) atoms. The minimum Gasteiger partial charge on any atom is -0.465 e. The average Bonchev–Trinajstić information content (AvgIpc) is 2.54. The van der Waals surface area contributed by atoms with Crippen LogP contribution in [0.1, 0.15) is 17.3 Å². The van der Waals surface area contributed by atoms with Crippen molar-refractivity contribution in [2.24, 2.45) is 0 Å². The first-order valence-corrected chi connectivity index (χ1v) is 6.94. The van der Waals surface area contributed by atoms with Crippen LogP contribution in [0.5, 0.6) is 0 Å². The summed E-state index contributed by atoms with van der Waals surface area (Å²) in [5, 5.41) is 0. The molecule has 0 aliphatic carbocycles. The van der Waals surface area contributed by atoms with Gasteiger partial charge in [-0.05, 0) is 6.92 Å². The van der Waals surface area contributed by atoms with Gasteiger partial charge in [0.05, 0.1) is 13.7 Å². The zero-order chi connectivity index (χ0) is 16.1. The molecule has 120 valence electrons. The summed E-state index contributed by atoms with van der Waals surface area (Å²) in [4.78, 5) is 34.9. The third kappa shape index (κ3) is 3.35. The van der Waals surface area contributed by atoms with E-state index >= 15 is 0 Å². The van der Waals surface area contributed by atoms with Gasteiger partial charge in [0.25, 0.3) is 0 Å². The van der Waals surface area contributed by atoms with Gasteiger partial charge in [-0.1, -0.05) is 0 Å². The minimum absolute atomic E-state index is 0.0738. The van der Waals surface area contributed by atoms with Crippen molar-refractivity contribution >= 4 is 23.8 Å². The van der Waals surface area contributed by atoms with E-state index in [1.54, 1.807) is 11.8 Å². The molecule has 9 heteroatoms. The molecule has 0 bridgehead atoms. The van der Waals surface area contributed by atoms with Crippen LogP contribution < -0.4 is 10.6 Å². The van der Waals surface area contributed by atoms with Crippen LogP contribution in [0, 0.1) is 0 Å². The fraction of sp³-hybridized carbons (Fsp3) is 0.538. The Kier molecular flexibility index (Phi) is 4.97. The summed E-state index contributed by atoms with van der Waals surface area (Å²) in [5.74, 6) is -0.0745. The first-order chi connectivity index (χ1) is 10.6. The Bertz CT molecular complexity index is 557. The van der Waals surface area contributed by atoms with Gasteiger partial charge in [0.1, 0.15) is 11.4 Å². The highest BCUT2D eigenvalue weighted by atomic mass is 16.6. The summed E-state index contributed by atoms with van der Waals surface area (Å²) in [6.07, 6.45) is 1.03. The second-order valence-electron chi connectivity index (χ2n) is 4.63. The summed E-state index contributed by atoms with van der Waals surface area (Å²) in [7, 11) is 1.27. The van der Waals surface area contributed by atoms with Gasteiger partial charge in [0, 0.05) is 32.4 Å². The van der Waals surface area contributed by atoms with Crippen molar-refractivity contribution in [2.45, 2.75) is 6.92 Å². The van der Waals surface area contributed by atoms with Gasteiger partial charge in [0.15, 0.2) is 0 Å².